The zero-order valence-electron chi connectivity index (χ0n) is 9.17. The van der Waals surface area contributed by atoms with Gasteiger partial charge in [0.05, 0.1) is 12.1 Å². The van der Waals surface area contributed by atoms with E-state index in [1.165, 1.54) is 0 Å². The second-order valence-corrected chi connectivity index (χ2v) is 4.14. The van der Waals surface area contributed by atoms with Crippen LogP contribution in [0.2, 0.25) is 0 Å². The summed E-state index contributed by atoms with van der Waals surface area (Å²) >= 11 is 4.84. The molecule has 0 saturated heterocycles. The van der Waals surface area contributed by atoms with Gasteiger partial charge in [-0.05, 0) is 17.7 Å². The lowest BCUT2D eigenvalue weighted by atomic mass is 10.2. The van der Waals surface area contributed by atoms with Crippen molar-refractivity contribution in [3.63, 3.8) is 0 Å². The maximum atomic E-state index is 12.0. The Balaban J connectivity index is 2.38. The van der Waals surface area contributed by atoms with Gasteiger partial charge in [-0.3, -0.25) is 4.79 Å². The van der Waals surface area contributed by atoms with E-state index in [1.807, 2.05) is 30.3 Å². The quantitative estimate of drug-likeness (QED) is 0.833. The fourth-order valence-electron chi connectivity index (χ4n) is 1.63. The van der Waals surface area contributed by atoms with E-state index in [9.17, 15) is 4.79 Å². The molecule has 0 atom stereocenters. The van der Waals surface area contributed by atoms with E-state index in [0.29, 0.717) is 12.1 Å². The topological polar surface area (TPSA) is 48.0 Å². The van der Waals surface area contributed by atoms with Crippen molar-refractivity contribution in [3.05, 3.63) is 70.1 Å². The van der Waals surface area contributed by atoms with Crippen LogP contribution in [0.4, 0.5) is 0 Å². The van der Waals surface area contributed by atoms with Crippen molar-refractivity contribution in [2.24, 2.45) is 5.73 Å². The molecule has 1 aromatic carbocycles. The number of thiocarbonyl (C=S) groups is 1. The van der Waals surface area contributed by atoms with Crippen LogP contribution in [0.3, 0.4) is 0 Å². The first-order chi connectivity index (χ1) is 8.18. The van der Waals surface area contributed by atoms with Gasteiger partial charge >= 0.3 is 0 Å². The summed E-state index contributed by atoms with van der Waals surface area (Å²) < 4.78 is 1.60. The molecule has 86 valence electrons. The first-order valence-corrected chi connectivity index (χ1v) is 5.62. The van der Waals surface area contributed by atoms with E-state index < -0.39 is 0 Å². The Labute approximate surface area is 105 Å². The Kier molecular flexibility index (Phi) is 3.35. The molecule has 0 bridgehead atoms. The van der Waals surface area contributed by atoms with Gasteiger partial charge < -0.3 is 10.3 Å². The summed E-state index contributed by atoms with van der Waals surface area (Å²) in [5.74, 6) is 0. The number of rotatable bonds is 3. The normalized spacial score (nSPS) is 10.1. The maximum absolute atomic E-state index is 12.0. The third-order valence-corrected chi connectivity index (χ3v) is 2.70. The molecular formula is C13H12N2OS. The van der Waals surface area contributed by atoms with Gasteiger partial charge in [-0.15, -0.1) is 0 Å². The summed E-state index contributed by atoms with van der Waals surface area (Å²) in [5.41, 5.74) is 6.80. The van der Waals surface area contributed by atoms with E-state index in [0.717, 1.165) is 5.56 Å². The van der Waals surface area contributed by atoms with Crippen molar-refractivity contribution >= 4 is 17.2 Å². The van der Waals surface area contributed by atoms with Crippen molar-refractivity contribution in [1.29, 1.82) is 0 Å². The molecule has 0 amide bonds. The fourth-order valence-corrected chi connectivity index (χ4v) is 1.78. The van der Waals surface area contributed by atoms with Gasteiger partial charge in [0.2, 0.25) is 0 Å². The molecule has 2 aromatic rings. The minimum absolute atomic E-state index is 0.136. The molecule has 0 aliphatic carbocycles. The number of hydrogen-bond donors (Lipinski definition) is 1. The first kappa shape index (κ1) is 11.5. The van der Waals surface area contributed by atoms with Crippen molar-refractivity contribution in [1.82, 2.24) is 4.57 Å². The van der Waals surface area contributed by atoms with Gasteiger partial charge in [0.15, 0.2) is 0 Å². The average molecular weight is 244 g/mol. The molecular weight excluding hydrogens is 232 g/mol. The molecule has 0 radical (unpaired) electrons. The molecule has 0 saturated carbocycles. The molecule has 0 fully saturated rings. The Hall–Kier alpha value is -1.94. The second kappa shape index (κ2) is 4.93. The Morgan fingerprint density at radius 3 is 2.53 bits per heavy atom. The van der Waals surface area contributed by atoms with Crippen LogP contribution in [-0.2, 0) is 6.54 Å². The smallest absolute Gasteiger partial charge is 0.261 e. The predicted molar refractivity (Wildman–Crippen MR) is 72.1 cm³/mol. The SMILES string of the molecule is NC(=S)c1cccn(Cc2ccccc2)c1=O. The summed E-state index contributed by atoms with van der Waals surface area (Å²) in [6.07, 6.45) is 1.73. The van der Waals surface area contributed by atoms with Gasteiger partial charge in [-0.1, -0.05) is 42.5 Å². The molecule has 1 aromatic heterocycles. The van der Waals surface area contributed by atoms with E-state index >= 15 is 0 Å². The van der Waals surface area contributed by atoms with Gasteiger partial charge in [-0.25, -0.2) is 0 Å². The fraction of sp³-hybridized carbons (Fsp3) is 0.0769. The van der Waals surface area contributed by atoms with Crippen LogP contribution in [0, 0.1) is 0 Å². The monoisotopic (exact) mass is 244 g/mol. The summed E-state index contributed by atoms with van der Waals surface area (Å²) in [5, 5.41) is 0. The standard InChI is InChI=1S/C13H12N2OS/c14-12(17)11-7-4-8-15(13(11)16)9-10-5-2-1-3-6-10/h1-8H,9H2,(H2,14,17). The number of nitrogens with zero attached hydrogens (tertiary/aromatic N) is 1. The lowest BCUT2D eigenvalue weighted by molar-refractivity contribution is 0.758. The van der Waals surface area contributed by atoms with Crippen molar-refractivity contribution in [3.8, 4) is 0 Å². The molecule has 2 N–H and O–H groups in total. The number of aromatic nitrogens is 1. The van der Waals surface area contributed by atoms with Gasteiger partial charge in [0.25, 0.3) is 5.56 Å². The summed E-state index contributed by atoms with van der Waals surface area (Å²) in [7, 11) is 0. The third-order valence-electron chi connectivity index (χ3n) is 2.48. The molecule has 3 nitrogen and oxygen atoms in total. The number of pyridine rings is 1. The highest BCUT2D eigenvalue weighted by atomic mass is 32.1. The lowest BCUT2D eigenvalue weighted by Gasteiger charge is -2.07. The molecule has 0 aliphatic rings. The van der Waals surface area contributed by atoms with Crippen LogP contribution in [0.5, 0.6) is 0 Å². The third kappa shape index (κ3) is 2.60. The summed E-state index contributed by atoms with van der Waals surface area (Å²) in [6, 6.07) is 13.2. The molecule has 4 heteroatoms. The van der Waals surface area contributed by atoms with Crippen molar-refractivity contribution in [2.75, 3.05) is 0 Å². The zero-order valence-corrected chi connectivity index (χ0v) is 9.98. The number of nitrogens with two attached hydrogens (primary N) is 1. The van der Waals surface area contributed by atoms with E-state index in [-0.39, 0.29) is 10.5 Å². The average Bonchev–Trinajstić information content (AvgIpc) is 2.33. The highest BCUT2D eigenvalue weighted by Gasteiger charge is 2.05. The number of hydrogen-bond acceptors (Lipinski definition) is 2. The minimum Gasteiger partial charge on any atom is -0.389 e. The van der Waals surface area contributed by atoms with Gasteiger partial charge in [-0.2, -0.15) is 0 Å². The minimum atomic E-state index is -0.149. The lowest BCUT2D eigenvalue weighted by Crippen LogP contribution is -2.28. The van der Waals surface area contributed by atoms with Crippen molar-refractivity contribution in [2.45, 2.75) is 6.54 Å². The highest BCUT2D eigenvalue weighted by Crippen LogP contribution is 2.01. The van der Waals surface area contributed by atoms with Crippen LogP contribution in [-0.4, -0.2) is 9.56 Å². The summed E-state index contributed by atoms with van der Waals surface area (Å²) in [4.78, 5) is 12.1. The van der Waals surface area contributed by atoms with Crippen LogP contribution in [0.1, 0.15) is 11.1 Å². The maximum Gasteiger partial charge on any atom is 0.261 e. The van der Waals surface area contributed by atoms with Gasteiger partial charge in [0.1, 0.15) is 4.99 Å². The summed E-state index contributed by atoms with van der Waals surface area (Å²) in [6.45, 7) is 0.524. The van der Waals surface area contributed by atoms with E-state index in [1.54, 1.807) is 22.9 Å². The second-order valence-electron chi connectivity index (χ2n) is 3.70. The molecule has 17 heavy (non-hydrogen) atoms. The van der Waals surface area contributed by atoms with Crippen LogP contribution in [0.15, 0.2) is 53.5 Å². The molecule has 0 spiro atoms. The Morgan fingerprint density at radius 2 is 1.88 bits per heavy atom. The highest BCUT2D eigenvalue weighted by molar-refractivity contribution is 7.80. The molecule has 0 unspecified atom stereocenters. The predicted octanol–water partition coefficient (Wildman–Crippen LogP) is 1.53. The number of benzene rings is 1. The molecule has 0 aliphatic heterocycles. The first-order valence-electron chi connectivity index (χ1n) is 5.21. The molecule has 2 rings (SSSR count). The Bertz CT molecular complexity index is 590. The van der Waals surface area contributed by atoms with Gasteiger partial charge in [0, 0.05) is 6.20 Å². The van der Waals surface area contributed by atoms with E-state index in [2.05, 4.69) is 0 Å². The van der Waals surface area contributed by atoms with Crippen LogP contribution < -0.4 is 11.3 Å². The largest absolute Gasteiger partial charge is 0.389 e. The van der Waals surface area contributed by atoms with Crippen molar-refractivity contribution < 1.29 is 0 Å². The van der Waals surface area contributed by atoms with Crippen LogP contribution >= 0.6 is 12.2 Å². The molecule has 1 heterocycles. The Morgan fingerprint density at radius 1 is 1.18 bits per heavy atom. The van der Waals surface area contributed by atoms with Crippen LogP contribution in [0.25, 0.3) is 0 Å². The van der Waals surface area contributed by atoms with E-state index in [4.69, 9.17) is 18.0 Å². The zero-order chi connectivity index (χ0) is 12.3.